The number of primary amides is 2. The molecule has 4 N–H and O–H groups in total. The molecule has 3 aromatic rings. The van der Waals surface area contributed by atoms with Crippen molar-refractivity contribution in [2.45, 2.75) is 29.7 Å². The Bertz CT molecular complexity index is 1160. The van der Waals surface area contributed by atoms with Gasteiger partial charge in [-0.1, -0.05) is 32.0 Å². The molecule has 0 unspecified atom stereocenters. The standard InChI is InChI=1S/C15H16N8O4S/c1-8(2)10-15(28(26,27)9-6-4-3-5-7-9)23(21-18-10)22-12(14(17)25)11(13(16)24)19-20-22/h3-8H,1-2H3,(H2,16,24)(H2,17,25). The number of carbonyl (C=O) groups is 2. The van der Waals surface area contributed by atoms with Crippen molar-refractivity contribution in [2.24, 2.45) is 11.5 Å². The van der Waals surface area contributed by atoms with E-state index in [4.69, 9.17) is 11.5 Å². The van der Waals surface area contributed by atoms with Gasteiger partial charge in [0.25, 0.3) is 11.8 Å². The molecule has 0 atom stereocenters. The Morgan fingerprint density at radius 2 is 1.57 bits per heavy atom. The maximum atomic E-state index is 13.3. The van der Waals surface area contributed by atoms with Crippen LogP contribution in [0.25, 0.3) is 0 Å². The number of hydrogen-bond donors (Lipinski definition) is 2. The lowest BCUT2D eigenvalue weighted by Gasteiger charge is -2.11. The fourth-order valence-electron chi connectivity index (χ4n) is 2.51. The fraction of sp³-hybridized carbons (Fsp3) is 0.200. The summed E-state index contributed by atoms with van der Waals surface area (Å²) in [6.07, 6.45) is 0. The zero-order valence-electron chi connectivity index (χ0n) is 14.8. The number of amides is 2. The van der Waals surface area contributed by atoms with E-state index < -0.39 is 33.0 Å². The molecule has 0 saturated carbocycles. The van der Waals surface area contributed by atoms with Crippen LogP contribution in [-0.2, 0) is 9.84 Å². The average Bonchev–Trinajstić information content (AvgIpc) is 3.27. The van der Waals surface area contributed by atoms with Gasteiger partial charge in [-0.25, -0.2) is 8.42 Å². The summed E-state index contributed by atoms with van der Waals surface area (Å²) in [7, 11) is -4.12. The lowest BCUT2D eigenvalue weighted by atomic mass is 10.2. The first-order valence-electron chi connectivity index (χ1n) is 7.98. The van der Waals surface area contributed by atoms with Crippen LogP contribution in [0.15, 0.2) is 40.3 Å². The SMILES string of the molecule is CC(C)c1nnn(-n2nnc(C(N)=O)c2C(N)=O)c1S(=O)(=O)c1ccccc1. The van der Waals surface area contributed by atoms with Gasteiger partial charge in [-0.2, -0.15) is 0 Å². The second-order valence-electron chi connectivity index (χ2n) is 6.05. The van der Waals surface area contributed by atoms with E-state index in [-0.39, 0.29) is 21.5 Å². The molecule has 2 heterocycles. The summed E-state index contributed by atoms with van der Waals surface area (Å²) < 4.78 is 26.5. The molecule has 0 spiro atoms. The highest BCUT2D eigenvalue weighted by molar-refractivity contribution is 7.91. The number of aromatic nitrogens is 6. The molecule has 0 saturated heterocycles. The molecule has 2 aromatic heterocycles. The minimum absolute atomic E-state index is 0.0173. The molecular formula is C15H16N8O4S. The Hall–Kier alpha value is -3.61. The topological polar surface area (TPSA) is 182 Å². The van der Waals surface area contributed by atoms with Crippen LogP contribution < -0.4 is 11.5 Å². The van der Waals surface area contributed by atoms with Crippen molar-refractivity contribution in [1.82, 2.24) is 30.2 Å². The van der Waals surface area contributed by atoms with Crippen LogP contribution in [-0.4, -0.2) is 50.4 Å². The molecule has 0 fully saturated rings. The van der Waals surface area contributed by atoms with Crippen molar-refractivity contribution in [3.8, 4) is 0 Å². The minimum Gasteiger partial charge on any atom is -0.364 e. The van der Waals surface area contributed by atoms with E-state index >= 15 is 0 Å². The van der Waals surface area contributed by atoms with E-state index in [2.05, 4.69) is 20.6 Å². The van der Waals surface area contributed by atoms with Crippen molar-refractivity contribution in [3.63, 3.8) is 0 Å². The molecule has 3 rings (SSSR count). The minimum atomic E-state index is -4.12. The molecular weight excluding hydrogens is 388 g/mol. The van der Waals surface area contributed by atoms with E-state index in [0.29, 0.717) is 4.79 Å². The van der Waals surface area contributed by atoms with E-state index in [1.807, 2.05) is 0 Å². The molecule has 0 radical (unpaired) electrons. The van der Waals surface area contributed by atoms with Crippen LogP contribution in [0.1, 0.15) is 46.4 Å². The summed E-state index contributed by atoms with van der Waals surface area (Å²) in [6, 6.07) is 7.60. The summed E-state index contributed by atoms with van der Waals surface area (Å²) in [4.78, 5) is 24.8. The van der Waals surface area contributed by atoms with Gasteiger partial charge in [0.1, 0.15) is 5.69 Å². The smallest absolute Gasteiger partial charge is 0.271 e. The summed E-state index contributed by atoms with van der Waals surface area (Å²) in [5, 5.41) is 14.5. The Morgan fingerprint density at radius 1 is 0.964 bits per heavy atom. The van der Waals surface area contributed by atoms with E-state index in [0.717, 1.165) is 4.79 Å². The summed E-state index contributed by atoms with van der Waals surface area (Å²) in [5.74, 6) is -2.49. The zero-order chi connectivity index (χ0) is 20.6. The Morgan fingerprint density at radius 3 is 2.11 bits per heavy atom. The Labute approximate surface area is 159 Å². The van der Waals surface area contributed by atoms with Crippen LogP contribution in [0.3, 0.4) is 0 Å². The monoisotopic (exact) mass is 404 g/mol. The van der Waals surface area contributed by atoms with Gasteiger partial charge in [0.15, 0.2) is 11.4 Å². The number of sulfone groups is 1. The number of rotatable bonds is 6. The predicted octanol–water partition coefficient (Wildman–Crippen LogP) is -0.665. The van der Waals surface area contributed by atoms with Crippen molar-refractivity contribution in [1.29, 1.82) is 0 Å². The number of nitrogens with two attached hydrogens (primary N) is 2. The first kappa shape index (κ1) is 19.2. The van der Waals surface area contributed by atoms with Gasteiger partial charge in [-0.05, 0) is 22.6 Å². The highest BCUT2D eigenvalue weighted by Crippen LogP contribution is 2.27. The van der Waals surface area contributed by atoms with Crippen LogP contribution in [0.2, 0.25) is 0 Å². The average molecular weight is 404 g/mol. The van der Waals surface area contributed by atoms with E-state index in [9.17, 15) is 18.0 Å². The highest BCUT2D eigenvalue weighted by atomic mass is 32.2. The van der Waals surface area contributed by atoms with Gasteiger partial charge in [0.2, 0.25) is 14.9 Å². The van der Waals surface area contributed by atoms with Gasteiger partial charge in [0, 0.05) is 5.92 Å². The summed E-state index contributed by atoms with van der Waals surface area (Å²) in [5.41, 5.74) is 9.60. The second kappa shape index (κ2) is 6.84. The van der Waals surface area contributed by atoms with Crippen LogP contribution in [0, 0.1) is 0 Å². The lowest BCUT2D eigenvalue weighted by molar-refractivity contribution is 0.0956. The molecule has 146 valence electrons. The lowest BCUT2D eigenvalue weighted by Crippen LogP contribution is -2.28. The van der Waals surface area contributed by atoms with Crippen molar-refractivity contribution in [2.75, 3.05) is 0 Å². The maximum absolute atomic E-state index is 13.3. The molecule has 0 aliphatic rings. The Kier molecular flexibility index (Phi) is 4.68. The van der Waals surface area contributed by atoms with Gasteiger partial charge in [-0.15, -0.1) is 19.8 Å². The third-order valence-electron chi connectivity index (χ3n) is 3.79. The van der Waals surface area contributed by atoms with Crippen LogP contribution in [0.5, 0.6) is 0 Å². The maximum Gasteiger partial charge on any atom is 0.271 e. The molecule has 28 heavy (non-hydrogen) atoms. The van der Waals surface area contributed by atoms with E-state index in [1.54, 1.807) is 32.0 Å². The first-order valence-corrected chi connectivity index (χ1v) is 9.46. The number of hydrogen-bond acceptors (Lipinski definition) is 8. The summed E-state index contributed by atoms with van der Waals surface area (Å²) in [6.45, 7) is 3.45. The number of carbonyl (C=O) groups excluding carboxylic acids is 2. The third-order valence-corrected chi connectivity index (χ3v) is 5.57. The third kappa shape index (κ3) is 3.00. The summed E-state index contributed by atoms with van der Waals surface area (Å²) >= 11 is 0. The molecule has 2 amide bonds. The predicted molar refractivity (Wildman–Crippen MR) is 93.9 cm³/mol. The van der Waals surface area contributed by atoms with Gasteiger partial charge >= 0.3 is 0 Å². The highest BCUT2D eigenvalue weighted by Gasteiger charge is 2.33. The van der Waals surface area contributed by atoms with Crippen molar-refractivity contribution < 1.29 is 18.0 Å². The molecule has 13 heteroatoms. The molecule has 0 aliphatic heterocycles. The first-order chi connectivity index (χ1) is 13.2. The zero-order valence-corrected chi connectivity index (χ0v) is 15.7. The molecule has 12 nitrogen and oxygen atoms in total. The number of nitrogens with zero attached hydrogens (tertiary/aromatic N) is 6. The largest absolute Gasteiger partial charge is 0.364 e. The quantitative estimate of drug-likeness (QED) is 0.542. The van der Waals surface area contributed by atoms with Gasteiger partial charge < -0.3 is 11.5 Å². The van der Waals surface area contributed by atoms with Gasteiger partial charge in [0.05, 0.1) is 4.90 Å². The van der Waals surface area contributed by atoms with Crippen LogP contribution >= 0.6 is 0 Å². The van der Waals surface area contributed by atoms with Crippen LogP contribution in [0.4, 0.5) is 0 Å². The van der Waals surface area contributed by atoms with Crippen molar-refractivity contribution in [3.05, 3.63) is 47.4 Å². The molecule has 0 aliphatic carbocycles. The molecule has 1 aromatic carbocycles. The second-order valence-corrected chi connectivity index (χ2v) is 7.91. The normalized spacial score (nSPS) is 11.7. The Balaban J connectivity index is 2.35. The van der Waals surface area contributed by atoms with E-state index in [1.165, 1.54) is 12.1 Å². The molecule has 0 bridgehead atoms. The van der Waals surface area contributed by atoms with Crippen molar-refractivity contribution >= 4 is 21.7 Å². The number of benzene rings is 1. The van der Waals surface area contributed by atoms with Gasteiger partial charge in [-0.3, -0.25) is 9.59 Å². The fourth-order valence-corrected chi connectivity index (χ4v) is 4.13.